The quantitative estimate of drug-likeness (QED) is 0.419. The number of amides is 1. The number of morpholine rings is 1. The van der Waals surface area contributed by atoms with Crippen molar-refractivity contribution in [2.75, 3.05) is 58.5 Å². The number of aromatic amines is 1. The number of fused-ring (bicyclic) bond motifs is 2. The van der Waals surface area contributed by atoms with E-state index in [1.165, 1.54) is 0 Å². The zero-order valence-electron chi connectivity index (χ0n) is 21.5. The first-order chi connectivity index (χ1) is 18.6. The second-order valence-corrected chi connectivity index (χ2v) is 9.66. The predicted octanol–water partition coefficient (Wildman–Crippen LogP) is 3.04. The van der Waals surface area contributed by atoms with Gasteiger partial charge in [0.25, 0.3) is 0 Å². The van der Waals surface area contributed by atoms with Crippen LogP contribution in [-0.4, -0.2) is 84.6 Å². The Morgan fingerprint density at radius 2 is 2.03 bits per heavy atom. The molecule has 1 unspecified atom stereocenters. The summed E-state index contributed by atoms with van der Waals surface area (Å²) in [5.41, 5.74) is 3.86. The third-order valence-electron chi connectivity index (χ3n) is 7.16. The highest BCUT2D eigenvalue weighted by Gasteiger charge is 2.27. The summed E-state index contributed by atoms with van der Waals surface area (Å²) in [7, 11) is 3.57. The standard InChI is InChI=1S/C28H30N6O4/c1-33(16-26(35)34-7-9-37-10-8-34)28-23-13-18(21-14-29-30-15-21)3-5-24(23)31-27(32-28)20-11-19-12-22(36-2)4-6-25(19)38-17-20/h3-6,12-15,20H,7-11,16-17H2,1-2H3,(H,29,30). The first-order valence-electron chi connectivity index (χ1n) is 12.8. The van der Waals surface area contributed by atoms with Crippen LogP contribution in [0.2, 0.25) is 0 Å². The van der Waals surface area contributed by atoms with Crippen LogP contribution in [0.15, 0.2) is 48.8 Å². The summed E-state index contributed by atoms with van der Waals surface area (Å²) >= 11 is 0. The molecule has 2 aliphatic heterocycles. The van der Waals surface area contributed by atoms with Gasteiger partial charge >= 0.3 is 0 Å². The number of carbonyl (C=O) groups is 1. The maximum Gasteiger partial charge on any atom is 0.242 e. The number of carbonyl (C=O) groups excluding carboxylic acids is 1. The van der Waals surface area contributed by atoms with Gasteiger partial charge in [0.05, 0.1) is 51.1 Å². The summed E-state index contributed by atoms with van der Waals surface area (Å²) in [5, 5.41) is 7.83. The molecule has 1 N–H and O–H groups in total. The fraction of sp³-hybridized carbons (Fsp3) is 0.357. The largest absolute Gasteiger partial charge is 0.497 e. The molecule has 1 atom stereocenters. The Kier molecular flexibility index (Phi) is 6.55. The van der Waals surface area contributed by atoms with Gasteiger partial charge in [-0.05, 0) is 47.9 Å². The molecule has 4 heterocycles. The Bertz CT molecular complexity index is 1450. The Labute approximate surface area is 220 Å². The number of benzene rings is 2. The number of hydrogen-bond acceptors (Lipinski definition) is 8. The van der Waals surface area contributed by atoms with E-state index in [1.54, 1.807) is 13.3 Å². The SMILES string of the molecule is COc1ccc2c(c1)CC(c1nc(N(C)CC(=O)N3CCOCC3)c3cc(-c4cn[nH]c4)ccc3n1)CO2. The molecule has 0 saturated carbocycles. The minimum absolute atomic E-state index is 0.0327. The van der Waals surface area contributed by atoms with E-state index in [0.29, 0.717) is 44.6 Å². The fourth-order valence-electron chi connectivity index (χ4n) is 5.05. The van der Waals surface area contributed by atoms with Gasteiger partial charge in [0.2, 0.25) is 5.91 Å². The number of rotatable bonds is 6. The molecule has 0 radical (unpaired) electrons. The number of methoxy groups -OCH3 is 1. The molecule has 0 aliphatic carbocycles. The highest BCUT2D eigenvalue weighted by atomic mass is 16.5. The summed E-state index contributed by atoms with van der Waals surface area (Å²) in [6, 6.07) is 12.0. The Morgan fingerprint density at radius 1 is 1.16 bits per heavy atom. The van der Waals surface area contributed by atoms with Crippen molar-refractivity contribution in [3.63, 3.8) is 0 Å². The van der Waals surface area contributed by atoms with E-state index in [-0.39, 0.29) is 18.4 Å². The lowest BCUT2D eigenvalue weighted by Crippen LogP contribution is -2.45. The maximum atomic E-state index is 13.1. The summed E-state index contributed by atoms with van der Waals surface area (Å²) in [4.78, 5) is 26.9. The first kappa shape index (κ1) is 24.2. The summed E-state index contributed by atoms with van der Waals surface area (Å²) in [5.74, 6) is 3.09. The maximum absolute atomic E-state index is 13.1. The molecule has 6 rings (SSSR count). The van der Waals surface area contributed by atoms with Crippen LogP contribution < -0.4 is 14.4 Å². The van der Waals surface area contributed by atoms with Crippen molar-refractivity contribution >= 4 is 22.6 Å². The van der Waals surface area contributed by atoms with E-state index >= 15 is 0 Å². The van der Waals surface area contributed by atoms with Gasteiger partial charge in [-0.2, -0.15) is 5.10 Å². The Morgan fingerprint density at radius 3 is 2.82 bits per heavy atom. The monoisotopic (exact) mass is 514 g/mol. The van der Waals surface area contributed by atoms with Crippen LogP contribution in [0.1, 0.15) is 17.3 Å². The molecule has 0 bridgehead atoms. The van der Waals surface area contributed by atoms with Crippen LogP contribution in [0, 0.1) is 0 Å². The second kappa shape index (κ2) is 10.3. The average molecular weight is 515 g/mol. The van der Waals surface area contributed by atoms with Crippen molar-refractivity contribution in [2.45, 2.75) is 12.3 Å². The number of aromatic nitrogens is 4. The summed E-state index contributed by atoms with van der Waals surface area (Å²) in [6.45, 7) is 3.04. The lowest BCUT2D eigenvalue weighted by molar-refractivity contribution is -0.133. The van der Waals surface area contributed by atoms with Gasteiger partial charge in [0.15, 0.2) is 0 Å². The van der Waals surface area contributed by atoms with Gasteiger partial charge in [-0.1, -0.05) is 6.07 Å². The molecular formula is C28H30N6O4. The smallest absolute Gasteiger partial charge is 0.242 e. The molecule has 2 aromatic heterocycles. The number of nitrogens with zero attached hydrogens (tertiary/aromatic N) is 5. The number of hydrogen-bond donors (Lipinski definition) is 1. The van der Waals surface area contributed by atoms with Crippen molar-refractivity contribution in [3.8, 4) is 22.6 Å². The molecule has 0 spiro atoms. The molecule has 1 fully saturated rings. The van der Waals surface area contributed by atoms with Crippen molar-refractivity contribution in [3.05, 3.63) is 60.2 Å². The minimum Gasteiger partial charge on any atom is -0.497 e. The molecule has 10 heteroatoms. The number of nitrogens with one attached hydrogen (secondary N) is 1. The van der Waals surface area contributed by atoms with Crippen LogP contribution in [0.3, 0.4) is 0 Å². The van der Waals surface area contributed by atoms with Crippen LogP contribution in [0.5, 0.6) is 11.5 Å². The topological polar surface area (TPSA) is 106 Å². The highest BCUT2D eigenvalue weighted by molar-refractivity contribution is 5.94. The van der Waals surface area contributed by atoms with Crippen LogP contribution in [0.4, 0.5) is 5.82 Å². The normalized spacial score (nSPS) is 17.1. The first-order valence-corrected chi connectivity index (χ1v) is 12.8. The average Bonchev–Trinajstić information content (AvgIpc) is 3.51. The molecule has 2 aliphatic rings. The number of likely N-dealkylation sites (N-methyl/N-ethyl adjacent to an activating group) is 1. The third-order valence-corrected chi connectivity index (χ3v) is 7.16. The lowest BCUT2D eigenvalue weighted by Gasteiger charge is -2.30. The van der Waals surface area contributed by atoms with Gasteiger partial charge < -0.3 is 24.0 Å². The number of anilines is 1. The fourth-order valence-corrected chi connectivity index (χ4v) is 5.05. The van der Waals surface area contributed by atoms with E-state index in [0.717, 1.165) is 45.5 Å². The molecule has 2 aromatic carbocycles. The Balaban J connectivity index is 1.37. The third kappa shape index (κ3) is 4.74. The lowest BCUT2D eigenvalue weighted by atomic mass is 9.95. The van der Waals surface area contributed by atoms with Crippen molar-refractivity contribution < 1.29 is 19.0 Å². The summed E-state index contributed by atoms with van der Waals surface area (Å²) < 4.78 is 16.9. The minimum atomic E-state index is -0.0327. The van der Waals surface area contributed by atoms with E-state index in [4.69, 9.17) is 24.2 Å². The molecule has 4 aromatic rings. The van der Waals surface area contributed by atoms with Crippen LogP contribution >= 0.6 is 0 Å². The van der Waals surface area contributed by atoms with E-state index < -0.39 is 0 Å². The van der Waals surface area contributed by atoms with E-state index in [2.05, 4.69) is 16.3 Å². The second-order valence-electron chi connectivity index (χ2n) is 9.66. The van der Waals surface area contributed by atoms with Crippen LogP contribution in [0.25, 0.3) is 22.0 Å². The summed E-state index contributed by atoms with van der Waals surface area (Å²) in [6.07, 6.45) is 4.38. The predicted molar refractivity (Wildman–Crippen MR) is 143 cm³/mol. The van der Waals surface area contributed by atoms with Crippen molar-refractivity contribution in [2.24, 2.45) is 0 Å². The molecular weight excluding hydrogens is 484 g/mol. The highest BCUT2D eigenvalue weighted by Crippen LogP contribution is 2.36. The van der Waals surface area contributed by atoms with E-state index in [1.807, 2.05) is 53.4 Å². The van der Waals surface area contributed by atoms with Gasteiger partial charge in [-0.15, -0.1) is 0 Å². The van der Waals surface area contributed by atoms with Gasteiger partial charge in [-0.25, -0.2) is 9.97 Å². The Hall–Kier alpha value is -4.18. The van der Waals surface area contributed by atoms with Crippen molar-refractivity contribution in [1.29, 1.82) is 0 Å². The molecule has 38 heavy (non-hydrogen) atoms. The zero-order chi connectivity index (χ0) is 26.1. The molecule has 1 amide bonds. The van der Waals surface area contributed by atoms with Gasteiger partial charge in [-0.3, -0.25) is 9.89 Å². The molecule has 196 valence electrons. The van der Waals surface area contributed by atoms with Crippen molar-refractivity contribution in [1.82, 2.24) is 25.1 Å². The number of ether oxygens (including phenoxy) is 3. The van der Waals surface area contributed by atoms with E-state index in [9.17, 15) is 4.79 Å². The molecule has 1 saturated heterocycles. The molecule has 10 nitrogen and oxygen atoms in total. The number of H-pyrrole nitrogens is 1. The van der Waals surface area contributed by atoms with Gasteiger partial charge in [0, 0.05) is 37.3 Å². The zero-order valence-corrected chi connectivity index (χ0v) is 21.5. The van der Waals surface area contributed by atoms with Gasteiger partial charge in [0.1, 0.15) is 23.1 Å². The van der Waals surface area contributed by atoms with Crippen LogP contribution in [-0.2, 0) is 16.0 Å².